The smallest absolute Gasteiger partial charge is 0.171 e. The molecule has 0 nitrogen and oxygen atoms in total. The topological polar surface area (TPSA) is 0 Å². The van der Waals surface area contributed by atoms with Gasteiger partial charge in [0.2, 0.25) is 0 Å². The molecule has 13 heavy (non-hydrogen) atoms. The molecule has 1 rings (SSSR count). The fourth-order valence-electron chi connectivity index (χ4n) is 1.07. The normalized spacial score (nSPS) is 11.8. The van der Waals surface area contributed by atoms with Crippen molar-refractivity contribution in [2.75, 3.05) is 0 Å². The summed E-state index contributed by atoms with van der Waals surface area (Å²) in [5.41, 5.74) is 0.988. The van der Waals surface area contributed by atoms with Gasteiger partial charge in [-0.15, -0.1) is 0 Å². The molecular weight excluding hydrogens is 245 g/mol. The fourth-order valence-corrected chi connectivity index (χ4v) is 1.55. The van der Waals surface area contributed by atoms with Gasteiger partial charge in [0.15, 0.2) is 0 Å². The molecule has 0 N–H and O–H groups in total. The standard InChI is InChI=1S/C9H8BrF3/c1-6-4-8(10)3-2-7(6)5-9(11,12)13/h2-4H,5H2,1H3. The highest BCUT2D eigenvalue weighted by Gasteiger charge is 2.28. The molecule has 0 heterocycles. The summed E-state index contributed by atoms with van der Waals surface area (Å²) in [6.07, 6.45) is -4.98. The second kappa shape index (κ2) is 3.70. The van der Waals surface area contributed by atoms with Crippen molar-refractivity contribution >= 4 is 15.9 Å². The molecule has 1 aromatic carbocycles. The molecule has 0 saturated carbocycles. The van der Waals surface area contributed by atoms with Crippen LogP contribution in [-0.2, 0) is 6.42 Å². The number of benzene rings is 1. The quantitative estimate of drug-likeness (QED) is 0.712. The Kier molecular flexibility index (Phi) is 3.01. The molecule has 1 aromatic rings. The third-order valence-corrected chi connectivity index (χ3v) is 2.19. The van der Waals surface area contributed by atoms with E-state index in [0.717, 1.165) is 4.47 Å². The molecule has 0 amide bonds. The molecule has 72 valence electrons. The van der Waals surface area contributed by atoms with Gasteiger partial charge in [0.25, 0.3) is 0 Å². The molecule has 4 heteroatoms. The van der Waals surface area contributed by atoms with Crippen molar-refractivity contribution < 1.29 is 13.2 Å². The zero-order chi connectivity index (χ0) is 10.1. The molecule has 0 atom stereocenters. The average molecular weight is 253 g/mol. The molecular formula is C9H8BrF3. The van der Waals surface area contributed by atoms with Gasteiger partial charge >= 0.3 is 6.18 Å². The molecule has 0 saturated heterocycles. The molecule has 0 fully saturated rings. The Labute approximate surface area is 82.9 Å². The van der Waals surface area contributed by atoms with Crippen molar-refractivity contribution in [2.24, 2.45) is 0 Å². The van der Waals surface area contributed by atoms with E-state index in [1.54, 1.807) is 19.1 Å². The Balaban J connectivity index is 2.90. The minimum absolute atomic E-state index is 0.329. The van der Waals surface area contributed by atoms with Crippen LogP contribution in [0.25, 0.3) is 0 Å². The first-order valence-electron chi connectivity index (χ1n) is 3.70. The van der Waals surface area contributed by atoms with Gasteiger partial charge in [-0.1, -0.05) is 22.0 Å². The van der Waals surface area contributed by atoms with Gasteiger partial charge in [0.1, 0.15) is 0 Å². The first kappa shape index (κ1) is 10.6. The maximum Gasteiger partial charge on any atom is 0.393 e. The van der Waals surface area contributed by atoms with Gasteiger partial charge < -0.3 is 0 Å². The second-order valence-electron chi connectivity index (χ2n) is 2.86. The van der Waals surface area contributed by atoms with Crippen LogP contribution in [0.15, 0.2) is 22.7 Å². The summed E-state index contributed by atoms with van der Waals surface area (Å²) in [5.74, 6) is 0. The van der Waals surface area contributed by atoms with Crippen LogP contribution in [0, 0.1) is 6.92 Å². The van der Waals surface area contributed by atoms with E-state index in [4.69, 9.17) is 0 Å². The highest BCUT2D eigenvalue weighted by atomic mass is 79.9. The van der Waals surface area contributed by atoms with Crippen LogP contribution in [-0.4, -0.2) is 6.18 Å². The molecule has 0 aromatic heterocycles. The molecule has 0 aliphatic carbocycles. The fraction of sp³-hybridized carbons (Fsp3) is 0.333. The summed E-state index contributed by atoms with van der Waals surface area (Å²) < 4.78 is 36.8. The van der Waals surface area contributed by atoms with E-state index in [9.17, 15) is 13.2 Å². The molecule has 0 aliphatic heterocycles. The number of rotatable bonds is 1. The second-order valence-corrected chi connectivity index (χ2v) is 3.78. The van der Waals surface area contributed by atoms with Crippen LogP contribution < -0.4 is 0 Å². The summed E-state index contributed by atoms with van der Waals surface area (Å²) in [6.45, 7) is 1.67. The van der Waals surface area contributed by atoms with Crippen LogP contribution >= 0.6 is 15.9 Å². The van der Waals surface area contributed by atoms with E-state index in [-0.39, 0.29) is 0 Å². The lowest BCUT2D eigenvalue weighted by molar-refractivity contribution is -0.127. The van der Waals surface area contributed by atoms with Crippen LogP contribution in [0.4, 0.5) is 13.2 Å². The van der Waals surface area contributed by atoms with Gasteiger partial charge in [0.05, 0.1) is 6.42 Å². The van der Waals surface area contributed by atoms with Crippen molar-refractivity contribution in [1.29, 1.82) is 0 Å². The van der Waals surface area contributed by atoms with Gasteiger partial charge in [-0.25, -0.2) is 0 Å². The van der Waals surface area contributed by atoms with Crippen LogP contribution in [0.2, 0.25) is 0 Å². The molecule has 0 unspecified atom stereocenters. The van der Waals surface area contributed by atoms with E-state index in [1.165, 1.54) is 6.07 Å². The monoisotopic (exact) mass is 252 g/mol. The van der Waals surface area contributed by atoms with Crippen molar-refractivity contribution in [3.63, 3.8) is 0 Å². The first-order chi connectivity index (χ1) is 5.88. The Morgan fingerprint density at radius 2 is 1.92 bits per heavy atom. The summed E-state index contributed by atoms with van der Waals surface area (Å²) in [7, 11) is 0. The van der Waals surface area contributed by atoms with E-state index >= 15 is 0 Å². The van der Waals surface area contributed by atoms with Crippen molar-refractivity contribution in [3.05, 3.63) is 33.8 Å². The first-order valence-corrected chi connectivity index (χ1v) is 4.49. The number of hydrogen-bond acceptors (Lipinski definition) is 0. The maximum atomic E-state index is 12.0. The van der Waals surface area contributed by atoms with Gasteiger partial charge in [0, 0.05) is 4.47 Å². The van der Waals surface area contributed by atoms with Crippen molar-refractivity contribution in [3.8, 4) is 0 Å². The minimum Gasteiger partial charge on any atom is -0.171 e. The summed E-state index contributed by atoms with van der Waals surface area (Å²) in [5, 5.41) is 0. The van der Waals surface area contributed by atoms with Crippen LogP contribution in [0.3, 0.4) is 0 Å². The predicted molar refractivity (Wildman–Crippen MR) is 48.6 cm³/mol. The Bertz CT molecular complexity index is 304. The summed E-state index contributed by atoms with van der Waals surface area (Å²) in [6, 6.07) is 4.79. The van der Waals surface area contributed by atoms with Gasteiger partial charge in [-0.2, -0.15) is 13.2 Å². The van der Waals surface area contributed by atoms with E-state index in [1.807, 2.05) is 0 Å². The van der Waals surface area contributed by atoms with E-state index in [2.05, 4.69) is 15.9 Å². The molecule has 0 radical (unpaired) electrons. The lowest BCUT2D eigenvalue weighted by Gasteiger charge is -2.09. The highest BCUT2D eigenvalue weighted by molar-refractivity contribution is 9.10. The number of aryl methyl sites for hydroxylation is 1. The third kappa shape index (κ3) is 3.38. The lowest BCUT2D eigenvalue weighted by Crippen LogP contribution is -2.12. The predicted octanol–water partition coefficient (Wildman–Crippen LogP) is 3.86. The Morgan fingerprint density at radius 3 is 2.38 bits per heavy atom. The van der Waals surface area contributed by atoms with E-state index in [0.29, 0.717) is 11.1 Å². The molecule has 0 bridgehead atoms. The highest BCUT2D eigenvalue weighted by Crippen LogP contribution is 2.24. The number of halogens is 4. The lowest BCUT2D eigenvalue weighted by atomic mass is 10.1. The molecule has 0 aliphatic rings. The summed E-state index contributed by atoms with van der Waals surface area (Å²) in [4.78, 5) is 0. The third-order valence-electron chi connectivity index (χ3n) is 1.70. The Morgan fingerprint density at radius 1 is 1.31 bits per heavy atom. The zero-order valence-corrected chi connectivity index (χ0v) is 8.54. The maximum absolute atomic E-state index is 12.0. The SMILES string of the molecule is Cc1cc(Br)ccc1CC(F)(F)F. The van der Waals surface area contributed by atoms with Crippen LogP contribution in [0.1, 0.15) is 11.1 Å². The zero-order valence-electron chi connectivity index (χ0n) is 6.95. The number of hydrogen-bond donors (Lipinski definition) is 0. The molecule has 0 spiro atoms. The van der Waals surface area contributed by atoms with Gasteiger partial charge in [-0.05, 0) is 30.2 Å². The van der Waals surface area contributed by atoms with E-state index < -0.39 is 12.6 Å². The van der Waals surface area contributed by atoms with Crippen molar-refractivity contribution in [1.82, 2.24) is 0 Å². The number of alkyl halides is 3. The largest absolute Gasteiger partial charge is 0.393 e. The van der Waals surface area contributed by atoms with Crippen LogP contribution in [0.5, 0.6) is 0 Å². The average Bonchev–Trinajstić information content (AvgIpc) is 1.93. The Hall–Kier alpha value is -0.510. The minimum atomic E-state index is -4.13. The van der Waals surface area contributed by atoms with Crippen molar-refractivity contribution in [2.45, 2.75) is 19.5 Å². The summed E-state index contributed by atoms with van der Waals surface area (Å²) >= 11 is 3.19. The van der Waals surface area contributed by atoms with Gasteiger partial charge in [-0.3, -0.25) is 0 Å².